The minimum atomic E-state index is -0.376. The Morgan fingerprint density at radius 3 is 2.89 bits per heavy atom. The number of hydrogen-bond acceptors (Lipinski definition) is 4. The lowest BCUT2D eigenvalue weighted by atomic mass is 10.2. The van der Waals surface area contributed by atoms with Gasteiger partial charge in [0.1, 0.15) is 5.75 Å². The Hall–Kier alpha value is -2.74. The molecule has 2 aromatic carbocycles. The fourth-order valence-corrected chi connectivity index (χ4v) is 3.13. The van der Waals surface area contributed by atoms with Crippen LogP contribution in [0.3, 0.4) is 0 Å². The van der Waals surface area contributed by atoms with Gasteiger partial charge in [-0.3, -0.25) is 14.8 Å². The van der Waals surface area contributed by atoms with Gasteiger partial charge in [-0.1, -0.05) is 12.1 Å². The van der Waals surface area contributed by atoms with Crippen LogP contribution in [0, 0.1) is 0 Å². The molecule has 0 radical (unpaired) electrons. The van der Waals surface area contributed by atoms with E-state index in [2.05, 4.69) is 20.8 Å². The molecule has 0 aliphatic rings. The van der Waals surface area contributed by atoms with Gasteiger partial charge in [0.25, 0.3) is 0 Å². The number of fused-ring (bicyclic) bond motifs is 1. The van der Waals surface area contributed by atoms with Crippen LogP contribution in [-0.2, 0) is 0 Å². The number of anilines is 2. The van der Waals surface area contributed by atoms with Crippen LogP contribution >= 0.6 is 11.8 Å². The number of urea groups is 1. The van der Waals surface area contributed by atoms with Crippen LogP contribution in [0.15, 0.2) is 47.4 Å². The lowest BCUT2D eigenvalue weighted by Crippen LogP contribution is -2.20. The smallest absolute Gasteiger partial charge is 0.324 e. The molecule has 0 saturated heterocycles. The number of aromatic nitrogens is 2. The van der Waals surface area contributed by atoms with Gasteiger partial charge in [-0.2, -0.15) is 5.10 Å². The van der Waals surface area contributed by atoms with Crippen molar-refractivity contribution in [2.45, 2.75) is 17.7 Å². The molecule has 6 nitrogen and oxygen atoms in total. The van der Waals surface area contributed by atoms with E-state index in [4.69, 9.17) is 4.74 Å². The molecule has 3 N–H and O–H groups in total. The second-order valence-electron chi connectivity index (χ2n) is 5.80. The molecule has 0 aliphatic carbocycles. The van der Waals surface area contributed by atoms with Crippen LogP contribution in [0.1, 0.15) is 12.8 Å². The summed E-state index contributed by atoms with van der Waals surface area (Å²) in [6.45, 7) is 0.106. The third kappa shape index (κ3) is 4.91. The number of aromatic amines is 1. The normalized spacial score (nSPS) is 10.7. The highest BCUT2D eigenvalue weighted by Gasteiger charge is 2.12. The fraction of sp³-hybridized carbons (Fsp3) is 0.263. The molecule has 1 aromatic heterocycles. The van der Waals surface area contributed by atoms with Crippen molar-refractivity contribution in [3.8, 4) is 5.75 Å². The third-order valence-corrected chi connectivity index (χ3v) is 4.71. The van der Waals surface area contributed by atoms with Crippen molar-refractivity contribution in [2.75, 3.05) is 30.2 Å². The molecule has 142 valence electrons. The molecule has 0 fully saturated rings. The summed E-state index contributed by atoms with van der Waals surface area (Å²) in [6, 6.07) is 12.7. The highest BCUT2D eigenvalue weighted by molar-refractivity contribution is 7.98. The number of nitrogens with one attached hydrogen (secondary N) is 3. The number of H-pyrrole nitrogens is 1. The summed E-state index contributed by atoms with van der Waals surface area (Å²) in [5.41, 5.74) is 1.52. The molecule has 0 unspecified atom stereocenters. The monoisotopic (exact) mass is 388 g/mol. The van der Waals surface area contributed by atoms with Gasteiger partial charge in [-0.05, 0) is 49.4 Å². The summed E-state index contributed by atoms with van der Waals surface area (Å²) >= 11 is 1.56. The summed E-state index contributed by atoms with van der Waals surface area (Å²) in [5.74, 6) is 1.07. The quantitative estimate of drug-likeness (QED) is 0.372. The molecule has 1 heterocycles. The second kappa shape index (κ2) is 9.27. The van der Waals surface area contributed by atoms with E-state index in [9.17, 15) is 9.18 Å². The molecule has 0 atom stereocenters. The standard InChI is InChI=1S/C19H21FN4O2S/c1-27-17-7-3-2-6-16(17)21-19(25)22-18-14-12-13(26-11-5-4-10-20)8-9-15(14)23-24-18/h2-3,6-9,12H,4-5,10-11H2,1H3,(H3,21,22,23,24,25). The van der Waals surface area contributed by atoms with Gasteiger partial charge in [-0.25, -0.2) is 4.79 Å². The maximum atomic E-state index is 12.4. The molecule has 0 bridgehead atoms. The van der Waals surface area contributed by atoms with E-state index in [1.807, 2.05) is 42.7 Å². The van der Waals surface area contributed by atoms with Crippen molar-refractivity contribution in [3.63, 3.8) is 0 Å². The van der Waals surface area contributed by atoms with E-state index >= 15 is 0 Å². The maximum Gasteiger partial charge on any atom is 0.324 e. The number of alkyl halides is 1. The van der Waals surface area contributed by atoms with Crippen molar-refractivity contribution in [2.24, 2.45) is 0 Å². The number of unbranched alkanes of at least 4 members (excludes halogenated alkanes) is 1. The van der Waals surface area contributed by atoms with Crippen molar-refractivity contribution >= 4 is 40.2 Å². The summed E-state index contributed by atoms with van der Waals surface area (Å²) in [7, 11) is 0. The SMILES string of the molecule is CSc1ccccc1NC(=O)Nc1n[nH]c2ccc(OCCCCF)cc12. The summed E-state index contributed by atoms with van der Waals surface area (Å²) in [4.78, 5) is 13.3. The molecule has 8 heteroatoms. The summed E-state index contributed by atoms with van der Waals surface area (Å²) in [6.07, 6.45) is 3.09. The summed E-state index contributed by atoms with van der Waals surface area (Å²) < 4.78 is 17.8. The van der Waals surface area contributed by atoms with Crippen LogP contribution in [0.4, 0.5) is 20.7 Å². The highest BCUT2D eigenvalue weighted by atomic mass is 32.2. The topological polar surface area (TPSA) is 79.0 Å². The molecular formula is C19H21FN4O2S. The number of benzene rings is 2. The molecular weight excluding hydrogens is 367 g/mol. The number of ether oxygens (including phenoxy) is 1. The Balaban J connectivity index is 1.69. The third-order valence-electron chi connectivity index (χ3n) is 3.92. The van der Waals surface area contributed by atoms with Gasteiger partial charge in [0.2, 0.25) is 0 Å². The number of thioether (sulfide) groups is 1. The number of para-hydroxylation sites is 1. The first kappa shape index (κ1) is 19.0. The van der Waals surface area contributed by atoms with Gasteiger partial charge in [0.05, 0.1) is 24.5 Å². The molecule has 2 amide bonds. The fourth-order valence-electron chi connectivity index (χ4n) is 2.57. The first-order chi connectivity index (χ1) is 13.2. The summed E-state index contributed by atoms with van der Waals surface area (Å²) in [5, 5.41) is 13.4. The van der Waals surface area contributed by atoms with Crippen LogP contribution < -0.4 is 15.4 Å². The first-order valence-electron chi connectivity index (χ1n) is 8.59. The number of halogens is 1. The minimum Gasteiger partial charge on any atom is -0.494 e. The van der Waals surface area contributed by atoms with Crippen LogP contribution in [0.2, 0.25) is 0 Å². The minimum absolute atomic E-state index is 0.340. The Labute approximate surface area is 160 Å². The molecule has 3 rings (SSSR count). The highest BCUT2D eigenvalue weighted by Crippen LogP contribution is 2.27. The number of amides is 2. The Morgan fingerprint density at radius 2 is 2.07 bits per heavy atom. The van der Waals surface area contributed by atoms with Crippen LogP contribution in [-0.4, -0.2) is 35.8 Å². The number of rotatable bonds is 8. The zero-order chi connectivity index (χ0) is 19.1. The molecule has 0 saturated carbocycles. The van der Waals surface area contributed by atoms with Gasteiger partial charge in [0.15, 0.2) is 5.82 Å². The maximum absolute atomic E-state index is 12.4. The molecule has 3 aromatic rings. The predicted octanol–water partition coefficient (Wildman–Crippen LogP) is 5.06. The second-order valence-corrected chi connectivity index (χ2v) is 6.65. The van der Waals surface area contributed by atoms with E-state index in [1.54, 1.807) is 17.8 Å². The largest absolute Gasteiger partial charge is 0.494 e. The van der Waals surface area contributed by atoms with Crippen molar-refractivity contribution in [1.82, 2.24) is 10.2 Å². The average Bonchev–Trinajstić information content (AvgIpc) is 3.07. The van der Waals surface area contributed by atoms with E-state index in [1.165, 1.54) is 0 Å². The van der Waals surface area contributed by atoms with E-state index < -0.39 is 0 Å². The van der Waals surface area contributed by atoms with Crippen molar-refractivity contribution < 1.29 is 13.9 Å². The average molecular weight is 388 g/mol. The first-order valence-corrected chi connectivity index (χ1v) is 9.81. The van der Waals surface area contributed by atoms with Crippen molar-refractivity contribution in [1.29, 1.82) is 0 Å². The Morgan fingerprint density at radius 1 is 1.22 bits per heavy atom. The van der Waals surface area contributed by atoms with E-state index in [0.717, 1.165) is 21.5 Å². The Bertz CT molecular complexity index is 916. The lowest BCUT2D eigenvalue weighted by molar-refractivity contribution is 0.262. The van der Waals surface area contributed by atoms with E-state index in [-0.39, 0.29) is 12.7 Å². The van der Waals surface area contributed by atoms with Gasteiger partial charge in [-0.15, -0.1) is 11.8 Å². The zero-order valence-corrected chi connectivity index (χ0v) is 15.7. The number of nitrogens with zero attached hydrogens (tertiary/aromatic N) is 1. The lowest BCUT2D eigenvalue weighted by Gasteiger charge is -2.10. The van der Waals surface area contributed by atoms with Gasteiger partial charge < -0.3 is 10.1 Å². The Kier molecular flexibility index (Phi) is 6.54. The van der Waals surface area contributed by atoms with Crippen molar-refractivity contribution in [3.05, 3.63) is 42.5 Å². The van der Waals surface area contributed by atoms with E-state index in [0.29, 0.717) is 31.0 Å². The molecule has 27 heavy (non-hydrogen) atoms. The van der Waals surface area contributed by atoms with Crippen LogP contribution in [0.25, 0.3) is 10.9 Å². The van der Waals surface area contributed by atoms with Gasteiger partial charge >= 0.3 is 6.03 Å². The number of carbonyl (C=O) groups is 1. The zero-order valence-electron chi connectivity index (χ0n) is 14.9. The number of carbonyl (C=O) groups excluding carboxylic acids is 1. The molecule has 0 spiro atoms. The van der Waals surface area contributed by atoms with Gasteiger partial charge in [0, 0.05) is 10.3 Å². The number of hydrogen-bond donors (Lipinski definition) is 3. The van der Waals surface area contributed by atoms with Crippen LogP contribution in [0.5, 0.6) is 5.75 Å². The predicted molar refractivity (Wildman–Crippen MR) is 108 cm³/mol. The molecule has 0 aliphatic heterocycles.